The highest BCUT2D eigenvalue weighted by molar-refractivity contribution is 7.92. The fraction of sp³-hybridized carbons (Fsp3) is 0.0455. The SMILES string of the molecule is Cc1ccc(NS(=O)(=O)c2ccc(NC(=O)C=Cc3ccc(F)cc3)cc2)cc1. The topological polar surface area (TPSA) is 75.3 Å². The Labute approximate surface area is 169 Å². The van der Waals surface area contributed by atoms with Gasteiger partial charge in [0.25, 0.3) is 10.0 Å². The first-order chi connectivity index (χ1) is 13.8. The van der Waals surface area contributed by atoms with Crippen molar-refractivity contribution in [3.8, 4) is 0 Å². The molecule has 2 N–H and O–H groups in total. The molecule has 148 valence electrons. The van der Waals surface area contributed by atoms with Crippen molar-refractivity contribution in [1.29, 1.82) is 0 Å². The molecule has 0 atom stereocenters. The van der Waals surface area contributed by atoms with E-state index in [0.717, 1.165) is 5.56 Å². The lowest BCUT2D eigenvalue weighted by Gasteiger charge is -2.09. The molecule has 0 fully saturated rings. The zero-order chi connectivity index (χ0) is 20.9. The van der Waals surface area contributed by atoms with Gasteiger partial charge >= 0.3 is 0 Å². The lowest BCUT2D eigenvalue weighted by molar-refractivity contribution is -0.111. The summed E-state index contributed by atoms with van der Waals surface area (Å²) < 4.78 is 40.3. The van der Waals surface area contributed by atoms with Crippen molar-refractivity contribution in [1.82, 2.24) is 0 Å². The molecular formula is C22H19FN2O3S. The molecule has 0 spiro atoms. The Morgan fingerprint density at radius 2 is 1.45 bits per heavy atom. The minimum Gasteiger partial charge on any atom is -0.323 e. The van der Waals surface area contributed by atoms with Gasteiger partial charge in [0.1, 0.15) is 5.82 Å². The van der Waals surface area contributed by atoms with Crippen LogP contribution in [-0.4, -0.2) is 14.3 Å². The first kappa shape index (κ1) is 20.3. The molecule has 0 aliphatic rings. The molecule has 0 unspecified atom stereocenters. The number of rotatable bonds is 6. The first-order valence-corrected chi connectivity index (χ1v) is 10.2. The van der Waals surface area contributed by atoms with E-state index in [1.54, 1.807) is 30.3 Å². The van der Waals surface area contributed by atoms with Crippen LogP contribution in [0.4, 0.5) is 15.8 Å². The van der Waals surface area contributed by atoms with Gasteiger partial charge < -0.3 is 5.32 Å². The number of nitrogens with one attached hydrogen (secondary N) is 2. The van der Waals surface area contributed by atoms with Crippen LogP contribution < -0.4 is 10.0 Å². The van der Waals surface area contributed by atoms with Gasteiger partial charge in [-0.3, -0.25) is 9.52 Å². The number of halogens is 1. The van der Waals surface area contributed by atoms with Gasteiger partial charge in [-0.1, -0.05) is 29.8 Å². The van der Waals surface area contributed by atoms with Crippen molar-refractivity contribution in [2.24, 2.45) is 0 Å². The molecule has 0 radical (unpaired) electrons. The number of hydrogen-bond acceptors (Lipinski definition) is 3. The van der Waals surface area contributed by atoms with E-state index in [1.807, 2.05) is 19.1 Å². The van der Waals surface area contributed by atoms with E-state index in [4.69, 9.17) is 0 Å². The molecule has 1 amide bonds. The van der Waals surface area contributed by atoms with Crippen LogP contribution in [0, 0.1) is 12.7 Å². The van der Waals surface area contributed by atoms with Crippen molar-refractivity contribution in [3.63, 3.8) is 0 Å². The fourth-order valence-electron chi connectivity index (χ4n) is 2.48. The van der Waals surface area contributed by atoms with Crippen molar-refractivity contribution in [2.45, 2.75) is 11.8 Å². The second-order valence-corrected chi connectivity index (χ2v) is 8.05. The van der Waals surface area contributed by atoms with Crippen molar-refractivity contribution >= 4 is 33.4 Å². The molecule has 3 aromatic carbocycles. The molecule has 0 saturated carbocycles. The number of amides is 1. The molecule has 0 aromatic heterocycles. The second kappa shape index (κ2) is 8.70. The van der Waals surface area contributed by atoms with Crippen LogP contribution in [0.25, 0.3) is 6.08 Å². The molecule has 5 nitrogen and oxygen atoms in total. The summed E-state index contributed by atoms with van der Waals surface area (Å²) in [5.41, 5.74) is 2.64. The fourth-order valence-corrected chi connectivity index (χ4v) is 3.54. The Kier molecular flexibility index (Phi) is 6.09. The van der Waals surface area contributed by atoms with E-state index in [1.165, 1.54) is 42.5 Å². The molecule has 0 aliphatic heterocycles. The van der Waals surface area contributed by atoms with Crippen LogP contribution in [0.5, 0.6) is 0 Å². The summed E-state index contributed by atoms with van der Waals surface area (Å²) in [7, 11) is -3.73. The number of benzene rings is 3. The summed E-state index contributed by atoms with van der Waals surface area (Å²) in [6.45, 7) is 1.92. The molecular weight excluding hydrogens is 391 g/mol. The Balaban J connectivity index is 1.63. The van der Waals surface area contributed by atoms with E-state index in [0.29, 0.717) is 16.9 Å². The number of anilines is 2. The third-order valence-electron chi connectivity index (χ3n) is 4.03. The lowest BCUT2D eigenvalue weighted by Crippen LogP contribution is -2.13. The highest BCUT2D eigenvalue weighted by Gasteiger charge is 2.14. The van der Waals surface area contributed by atoms with Crippen LogP contribution in [-0.2, 0) is 14.8 Å². The van der Waals surface area contributed by atoms with Crippen molar-refractivity contribution in [2.75, 3.05) is 10.0 Å². The average Bonchev–Trinajstić information content (AvgIpc) is 2.70. The number of carbonyl (C=O) groups is 1. The minimum absolute atomic E-state index is 0.0814. The number of carbonyl (C=O) groups excluding carboxylic acids is 1. The highest BCUT2D eigenvalue weighted by atomic mass is 32.2. The van der Waals surface area contributed by atoms with Gasteiger partial charge in [-0.25, -0.2) is 12.8 Å². The summed E-state index contributed by atoms with van der Waals surface area (Å²) in [5, 5.41) is 2.64. The first-order valence-electron chi connectivity index (χ1n) is 8.76. The van der Waals surface area contributed by atoms with Gasteiger partial charge in [-0.05, 0) is 67.1 Å². The molecule has 0 heterocycles. The van der Waals surface area contributed by atoms with Crippen molar-refractivity contribution in [3.05, 3.63) is 95.8 Å². The summed E-state index contributed by atoms with van der Waals surface area (Å²) in [6, 6.07) is 18.6. The molecule has 3 aromatic rings. The van der Waals surface area contributed by atoms with Crippen LogP contribution in [0.3, 0.4) is 0 Å². The maximum Gasteiger partial charge on any atom is 0.261 e. The van der Waals surface area contributed by atoms with Gasteiger partial charge in [0, 0.05) is 17.5 Å². The zero-order valence-electron chi connectivity index (χ0n) is 15.6. The third-order valence-corrected chi connectivity index (χ3v) is 5.43. The van der Waals surface area contributed by atoms with Gasteiger partial charge in [-0.15, -0.1) is 0 Å². The Bertz CT molecular complexity index is 1120. The molecule has 0 bridgehead atoms. The number of hydrogen-bond donors (Lipinski definition) is 2. The second-order valence-electron chi connectivity index (χ2n) is 6.37. The summed E-state index contributed by atoms with van der Waals surface area (Å²) in [5.74, 6) is -0.735. The zero-order valence-corrected chi connectivity index (χ0v) is 16.4. The van der Waals surface area contributed by atoms with Crippen LogP contribution in [0.2, 0.25) is 0 Å². The van der Waals surface area contributed by atoms with Gasteiger partial charge in [0.15, 0.2) is 0 Å². The lowest BCUT2D eigenvalue weighted by atomic mass is 10.2. The highest BCUT2D eigenvalue weighted by Crippen LogP contribution is 2.19. The molecule has 29 heavy (non-hydrogen) atoms. The Morgan fingerprint density at radius 1 is 0.862 bits per heavy atom. The Hall–Kier alpha value is -3.45. The number of sulfonamides is 1. The standard InChI is InChI=1S/C22H19FN2O3S/c1-16-2-9-20(10-3-16)25-29(27,28)21-13-11-19(12-14-21)24-22(26)15-6-17-4-7-18(23)8-5-17/h2-15,25H,1H3,(H,24,26). The average molecular weight is 410 g/mol. The smallest absolute Gasteiger partial charge is 0.261 e. The van der Waals surface area contributed by atoms with Crippen molar-refractivity contribution < 1.29 is 17.6 Å². The van der Waals surface area contributed by atoms with Gasteiger partial charge in [0.05, 0.1) is 4.90 Å². The summed E-state index contributed by atoms with van der Waals surface area (Å²) >= 11 is 0. The number of aryl methyl sites for hydroxylation is 1. The van der Waals surface area contributed by atoms with Crippen LogP contribution >= 0.6 is 0 Å². The van der Waals surface area contributed by atoms with Gasteiger partial charge in [0.2, 0.25) is 5.91 Å². The largest absolute Gasteiger partial charge is 0.323 e. The summed E-state index contributed by atoms with van der Waals surface area (Å²) in [6.07, 6.45) is 2.87. The maximum absolute atomic E-state index is 12.9. The maximum atomic E-state index is 12.9. The van der Waals surface area contributed by atoms with Crippen LogP contribution in [0.15, 0.2) is 83.8 Å². The van der Waals surface area contributed by atoms with Crippen LogP contribution in [0.1, 0.15) is 11.1 Å². The molecule has 3 rings (SSSR count). The quantitative estimate of drug-likeness (QED) is 0.584. The molecule has 0 aliphatic carbocycles. The monoisotopic (exact) mass is 410 g/mol. The van der Waals surface area contributed by atoms with Gasteiger partial charge in [-0.2, -0.15) is 0 Å². The minimum atomic E-state index is -3.73. The van der Waals surface area contributed by atoms with E-state index in [2.05, 4.69) is 10.0 Å². The summed E-state index contributed by atoms with van der Waals surface area (Å²) in [4.78, 5) is 12.1. The third kappa shape index (κ3) is 5.76. The molecule has 0 saturated heterocycles. The molecule has 7 heteroatoms. The van der Waals surface area contributed by atoms with E-state index in [-0.39, 0.29) is 16.6 Å². The predicted octanol–water partition coefficient (Wildman–Crippen LogP) is 4.59. The van der Waals surface area contributed by atoms with E-state index >= 15 is 0 Å². The Morgan fingerprint density at radius 3 is 2.07 bits per heavy atom. The normalized spacial score (nSPS) is 11.4. The predicted molar refractivity (Wildman–Crippen MR) is 112 cm³/mol. The van der Waals surface area contributed by atoms with E-state index < -0.39 is 10.0 Å². The van der Waals surface area contributed by atoms with E-state index in [9.17, 15) is 17.6 Å².